The molecule has 0 saturated heterocycles. The summed E-state index contributed by atoms with van der Waals surface area (Å²) in [7, 11) is 3.27. The van der Waals surface area contributed by atoms with Crippen LogP contribution in [0.15, 0.2) is 30.3 Å². The summed E-state index contributed by atoms with van der Waals surface area (Å²) < 4.78 is 10.2. The number of hydrogen-bond donors (Lipinski definition) is 1. The number of benzene rings is 1. The second kappa shape index (κ2) is 9.34. The SMILES string of the molecule is COCCN(C(=O)CNc1ccccc1)C(C)COC. The summed E-state index contributed by atoms with van der Waals surface area (Å²) in [6.07, 6.45) is 0. The van der Waals surface area contributed by atoms with Gasteiger partial charge >= 0.3 is 0 Å². The topological polar surface area (TPSA) is 50.8 Å². The van der Waals surface area contributed by atoms with E-state index in [1.165, 1.54) is 0 Å². The molecule has 0 radical (unpaired) electrons. The second-order valence-corrected chi connectivity index (χ2v) is 4.60. The molecule has 0 fully saturated rings. The molecule has 1 unspecified atom stereocenters. The average molecular weight is 280 g/mol. The monoisotopic (exact) mass is 280 g/mol. The number of carbonyl (C=O) groups is 1. The minimum absolute atomic E-state index is 0.0280. The van der Waals surface area contributed by atoms with Gasteiger partial charge in [0.2, 0.25) is 5.91 Å². The molecule has 0 aliphatic rings. The fraction of sp³-hybridized carbons (Fsp3) is 0.533. The third-order valence-corrected chi connectivity index (χ3v) is 3.01. The third-order valence-electron chi connectivity index (χ3n) is 3.01. The van der Waals surface area contributed by atoms with Gasteiger partial charge in [-0.3, -0.25) is 4.79 Å². The standard InChI is InChI=1S/C15H24N2O3/c1-13(12-20-3)17(9-10-19-2)15(18)11-16-14-7-5-4-6-8-14/h4-8,13,16H,9-12H2,1-3H3. The molecule has 0 heterocycles. The number of nitrogens with one attached hydrogen (secondary N) is 1. The highest BCUT2D eigenvalue weighted by Crippen LogP contribution is 2.06. The van der Waals surface area contributed by atoms with Gasteiger partial charge in [-0.25, -0.2) is 0 Å². The molecule has 1 amide bonds. The fourth-order valence-corrected chi connectivity index (χ4v) is 1.95. The van der Waals surface area contributed by atoms with Crippen LogP contribution in [0.2, 0.25) is 0 Å². The van der Waals surface area contributed by atoms with Crippen molar-refractivity contribution in [1.29, 1.82) is 0 Å². The summed E-state index contributed by atoms with van der Waals surface area (Å²) >= 11 is 0. The van der Waals surface area contributed by atoms with Crippen molar-refractivity contribution in [1.82, 2.24) is 4.90 Å². The van der Waals surface area contributed by atoms with Gasteiger partial charge in [-0.05, 0) is 19.1 Å². The predicted molar refractivity (Wildman–Crippen MR) is 79.9 cm³/mol. The first-order valence-corrected chi connectivity index (χ1v) is 6.75. The van der Waals surface area contributed by atoms with E-state index in [9.17, 15) is 4.79 Å². The van der Waals surface area contributed by atoms with Crippen molar-refractivity contribution < 1.29 is 14.3 Å². The zero-order valence-electron chi connectivity index (χ0n) is 12.5. The van der Waals surface area contributed by atoms with Crippen molar-refractivity contribution in [3.05, 3.63) is 30.3 Å². The van der Waals surface area contributed by atoms with Crippen LogP contribution in [0.5, 0.6) is 0 Å². The van der Waals surface area contributed by atoms with Crippen LogP contribution in [-0.2, 0) is 14.3 Å². The van der Waals surface area contributed by atoms with Crippen LogP contribution in [0.25, 0.3) is 0 Å². The van der Waals surface area contributed by atoms with Crippen LogP contribution in [0.3, 0.4) is 0 Å². The molecule has 20 heavy (non-hydrogen) atoms. The molecule has 1 rings (SSSR count). The largest absolute Gasteiger partial charge is 0.383 e. The molecule has 0 saturated carbocycles. The summed E-state index contributed by atoms with van der Waals surface area (Å²) in [6, 6.07) is 9.71. The number of rotatable bonds is 9. The number of carbonyl (C=O) groups excluding carboxylic acids is 1. The molecule has 1 aromatic rings. The highest BCUT2D eigenvalue weighted by Gasteiger charge is 2.19. The normalized spacial score (nSPS) is 11.9. The molecule has 1 N–H and O–H groups in total. The van der Waals surface area contributed by atoms with Gasteiger partial charge < -0.3 is 19.7 Å². The average Bonchev–Trinajstić information content (AvgIpc) is 2.47. The van der Waals surface area contributed by atoms with E-state index in [4.69, 9.17) is 9.47 Å². The summed E-state index contributed by atoms with van der Waals surface area (Å²) in [5.74, 6) is 0.0375. The van der Waals surface area contributed by atoms with Crippen LogP contribution in [0.4, 0.5) is 5.69 Å². The Morgan fingerprint density at radius 1 is 1.25 bits per heavy atom. The lowest BCUT2D eigenvalue weighted by Crippen LogP contribution is -2.45. The molecule has 0 bridgehead atoms. The highest BCUT2D eigenvalue weighted by molar-refractivity contribution is 5.81. The van der Waals surface area contributed by atoms with Crippen LogP contribution in [0.1, 0.15) is 6.92 Å². The molecule has 0 aliphatic carbocycles. The van der Waals surface area contributed by atoms with Gasteiger partial charge in [-0.15, -0.1) is 0 Å². The van der Waals surface area contributed by atoms with Gasteiger partial charge in [0.05, 0.1) is 25.8 Å². The summed E-state index contributed by atoms with van der Waals surface area (Å²) in [6.45, 7) is 3.84. The maximum Gasteiger partial charge on any atom is 0.242 e. The van der Waals surface area contributed by atoms with Gasteiger partial charge in [0.25, 0.3) is 0 Å². The lowest BCUT2D eigenvalue weighted by Gasteiger charge is -2.29. The second-order valence-electron chi connectivity index (χ2n) is 4.60. The molecule has 1 atom stereocenters. The number of para-hydroxylation sites is 1. The smallest absolute Gasteiger partial charge is 0.242 e. The maximum atomic E-state index is 12.3. The van der Waals surface area contributed by atoms with E-state index in [1.807, 2.05) is 37.3 Å². The first kappa shape index (κ1) is 16.5. The Morgan fingerprint density at radius 3 is 2.55 bits per heavy atom. The van der Waals surface area contributed by atoms with Gasteiger partial charge in [-0.2, -0.15) is 0 Å². The number of methoxy groups -OCH3 is 2. The first-order chi connectivity index (χ1) is 9.69. The van der Waals surface area contributed by atoms with Crippen molar-refractivity contribution in [3.63, 3.8) is 0 Å². The van der Waals surface area contributed by atoms with Gasteiger partial charge in [0.15, 0.2) is 0 Å². The van der Waals surface area contributed by atoms with Crippen LogP contribution >= 0.6 is 0 Å². The van der Waals surface area contributed by atoms with Gasteiger partial charge in [0.1, 0.15) is 0 Å². The predicted octanol–water partition coefficient (Wildman–Crippen LogP) is 1.61. The van der Waals surface area contributed by atoms with Crippen molar-refractivity contribution in [3.8, 4) is 0 Å². The molecule has 0 aromatic heterocycles. The minimum Gasteiger partial charge on any atom is -0.383 e. The first-order valence-electron chi connectivity index (χ1n) is 6.75. The zero-order chi connectivity index (χ0) is 14.8. The Bertz CT molecular complexity index is 384. The molecule has 0 aliphatic heterocycles. The quantitative estimate of drug-likeness (QED) is 0.746. The Kier molecular flexibility index (Phi) is 7.69. The Balaban J connectivity index is 2.53. The summed E-state index contributed by atoms with van der Waals surface area (Å²) in [4.78, 5) is 14.1. The third kappa shape index (κ3) is 5.59. The molecule has 5 heteroatoms. The van der Waals surface area contributed by atoms with E-state index in [1.54, 1.807) is 19.1 Å². The van der Waals surface area contributed by atoms with Crippen molar-refractivity contribution in [2.75, 3.05) is 45.8 Å². The van der Waals surface area contributed by atoms with E-state index in [-0.39, 0.29) is 18.5 Å². The highest BCUT2D eigenvalue weighted by atomic mass is 16.5. The number of anilines is 1. The summed E-state index contributed by atoms with van der Waals surface area (Å²) in [5.41, 5.74) is 0.937. The van der Waals surface area contributed by atoms with Crippen molar-refractivity contribution >= 4 is 11.6 Å². The molecule has 5 nitrogen and oxygen atoms in total. The van der Waals surface area contributed by atoms with E-state index in [0.29, 0.717) is 19.8 Å². The summed E-state index contributed by atoms with van der Waals surface area (Å²) in [5, 5.41) is 3.13. The Morgan fingerprint density at radius 2 is 1.95 bits per heavy atom. The number of nitrogens with zero attached hydrogens (tertiary/aromatic N) is 1. The van der Waals surface area contributed by atoms with Crippen LogP contribution < -0.4 is 5.32 Å². The number of amides is 1. The lowest BCUT2D eigenvalue weighted by atomic mass is 10.2. The number of ether oxygens (including phenoxy) is 2. The lowest BCUT2D eigenvalue weighted by molar-refractivity contribution is -0.133. The van der Waals surface area contributed by atoms with Crippen LogP contribution in [0, 0.1) is 0 Å². The van der Waals surface area contributed by atoms with Crippen molar-refractivity contribution in [2.45, 2.75) is 13.0 Å². The maximum absolute atomic E-state index is 12.3. The van der Waals surface area contributed by atoms with Gasteiger partial charge in [0, 0.05) is 26.5 Å². The van der Waals surface area contributed by atoms with E-state index < -0.39 is 0 Å². The van der Waals surface area contributed by atoms with Crippen LogP contribution in [-0.4, -0.2) is 57.4 Å². The van der Waals surface area contributed by atoms with E-state index >= 15 is 0 Å². The molecule has 1 aromatic carbocycles. The van der Waals surface area contributed by atoms with E-state index in [2.05, 4.69) is 5.32 Å². The number of hydrogen-bond acceptors (Lipinski definition) is 4. The molecule has 0 spiro atoms. The molecular formula is C15H24N2O3. The fourth-order valence-electron chi connectivity index (χ4n) is 1.95. The van der Waals surface area contributed by atoms with E-state index in [0.717, 1.165) is 5.69 Å². The van der Waals surface area contributed by atoms with Crippen molar-refractivity contribution in [2.24, 2.45) is 0 Å². The molecule has 112 valence electrons. The zero-order valence-corrected chi connectivity index (χ0v) is 12.5. The Hall–Kier alpha value is -1.59. The van der Waals surface area contributed by atoms with Gasteiger partial charge in [-0.1, -0.05) is 18.2 Å². The minimum atomic E-state index is 0.0280. The Labute approximate surface area is 120 Å². The molecular weight excluding hydrogens is 256 g/mol.